The summed E-state index contributed by atoms with van der Waals surface area (Å²) in [6.45, 7) is 5.91. The molecule has 2 heteroatoms. The zero-order chi connectivity index (χ0) is 18.1. The van der Waals surface area contributed by atoms with Crippen LogP contribution >= 0.6 is 0 Å². The van der Waals surface area contributed by atoms with Gasteiger partial charge in [0.15, 0.2) is 0 Å². The van der Waals surface area contributed by atoms with Crippen LogP contribution in [-0.2, 0) is 10.8 Å². The van der Waals surface area contributed by atoms with E-state index in [-0.39, 0.29) is 10.8 Å². The fourth-order valence-electron chi connectivity index (χ4n) is 4.67. The van der Waals surface area contributed by atoms with Crippen LogP contribution in [0.1, 0.15) is 49.8 Å². The molecule has 0 saturated carbocycles. The van der Waals surface area contributed by atoms with Crippen molar-refractivity contribution in [1.29, 1.82) is 0 Å². The van der Waals surface area contributed by atoms with Crippen molar-refractivity contribution in [3.8, 4) is 5.75 Å². The summed E-state index contributed by atoms with van der Waals surface area (Å²) in [5.41, 5.74) is 4.75. The fraction of sp³-hybridized carbons (Fsp3) is 0.478. The average molecular weight is 338 g/mol. The quantitative estimate of drug-likeness (QED) is 0.735. The van der Waals surface area contributed by atoms with E-state index in [0.717, 1.165) is 12.3 Å². The van der Waals surface area contributed by atoms with E-state index in [1.807, 2.05) is 0 Å². The highest BCUT2D eigenvalue weighted by Gasteiger charge is 2.47. The van der Waals surface area contributed by atoms with Gasteiger partial charge in [-0.3, -0.25) is 0 Å². The number of methoxy groups -OCH3 is 1. The molecule has 0 aliphatic heterocycles. The Kier molecular flexibility index (Phi) is 4.92. The van der Waals surface area contributed by atoms with Gasteiger partial charge < -0.3 is 9.64 Å². The van der Waals surface area contributed by atoms with Gasteiger partial charge in [0.2, 0.25) is 0 Å². The van der Waals surface area contributed by atoms with E-state index in [9.17, 15) is 0 Å². The Morgan fingerprint density at radius 2 is 1.60 bits per heavy atom. The third-order valence-electron chi connectivity index (χ3n) is 5.77. The summed E-state index contributed by atoms with van der Waals surface area (Å²) in [4.78, 5) is 2.29. The third-order valence-corrected chi connectivity index (χ3v) is 5.77. The summed E-state index contributed by atoms with van der Waals surface area (Å²) in [6, 6.07) is 17.8. The largest absolute Gasteiger partial charge is 0.497 e. The van der Waals surface area contributed by atoms with Crippen LogP contribution in [0, 0.1) is 0 Å². The zero-order valence-electron chi connectivity index (χ0n) is 16.3. The Labute approximate surface area is 152 Å². The van der Waals surface area contributed by atoms with E-state index < -0.39 is 0 Å². The van der Waals surface area contributed by atoms with Crippen LogP contribution in [0.5, 0.6) is 5.75 Å². The highest BCUT2D eigenvalue weighted by molar-refractivity contribution is 5.52. The second kappa shape index (κ2) is 6.84. The van der Waals surface area contributed by atoms with Crippen LogP contribution in [0.4, 0.5) is 0 Å². The standard InChI is InChI=1S/C23H31NO/c1-22(2)17-23(15-8-16-24(3)4,21-10-7-6-9-20(21)22)18-11-13-19(25-5)14-12-18/h6-7,9-14H,8,15-17H2,1-5H3. The molecule has 1 aliphatic rings. The van der Waals surface area contributed by atoms with Crippen molar-refractivity contribution in [1.82, 2.24) is 4.90 Å². The van der Waals surface area contributed by atoms with Crippen molar-refractivity contribution in [2.45, 2.75) is 43.9 Å². The smallest absolute Gasteiger partial charge is 0.118 e. The van der Waals surface area contributed by atoms with Crippen LogP contribution in [0.2, 0.25) is 0 Å². The normalized spacial score (nSPS) is 21.4. The predicted octanol–water partition coefficient (Wildman–Crippen LogP) is 5.00. The SMILES string of the molecule is COc1ccc(C2(CCCN(C)C)CC(C)(C)c3ccccc32)cc1. The lowest BCUT2D eigenvalue weighted by Crippen LogP contribution is -2.29. The highest BCUT2D eigenvalue weighted by atomic mass is 16.5. The minimum atomic E-state index is 0.0996. The Balaban J connectivity index is 2.07. The zero-order valence-corrected chi connectivity index (χ0v) is 16.3. The van der Waals surface area contributed by atoms with Crippen LogP contribution in [0.3, 0.4) is 0 Å². The van der Waals surface area contributed by atoms with Crippen molar-refractivity contribution in [3.05, 3.63) is 65.2 Å². The molecule has 0 bridgehead atoms. The number of rotatable bonds is 6. The molecule has 0 radical (unpaired) electrons. The summed E-state index contributed by atoms with van der Waals surface area (Å²) >= 11 is 0. The Hall–Kier alpha value is -1.80. The van der Waals surface area contributed by atoms with Crippen molar-refractivity contribution in [2.24, 2.45) is 0 Å². The first-order valence-electron chi connectivity index (χ1n) is 9.28. The molecular weight excluding hydrogens is 306 g/mol. The number of fused-ring (bicyclic) bond motifs is 1. The summed E-state index contributed by atoms with van der Waals surface area (Å²) in [7, 11) is 6.05. The molecule has 0 heterocycles. The lowest BCUT2D eigenvalue weighted by atomic mass is 9.70. The Morgan fingerprint density at radius 3 is 2.20 bits per heavy atom. The molecule has 2 aromatic carbocycles. The second-order valence-electron chi connectivity index (χ2n) is 8.32. The molecule has 0 spiro atoms. The topological polar surface area (TPSA) is 12.5 Å². The Bertz CT molecular complexity index is 717. The van der Waals surface area contributed by atoms with Gasteiger partial charge in [-0.25, -0.2) is 0 Å². The van der Waals surface area contributed by atoms with Crippen LogP contribution in [0.15, 0.2) is 48.5 Å². The number of benzene rings is 2. The van der Waals surface area contributed by atoms with Gasteiger partial charge in [0.05, 0.1) is 7.11 Å². The van der Waals surface area contributed by atoms with Gasteiger partial charge in [-0.2, -0.15) is 0 Å². The molecule has 0 N–H and O–H groups in total. The molecule has 2 nitrogen and oxygen atoms in total. The number of hydrogen-bond acceptors (Lipinski definition) is 2. The first kappa shape index (κ1) is 18.0. The van der Waals surface area contributed by atoms with Gasteiger partial charge in [0.25, 0.3) is 0 Å². The molecule has 1 unspecified atom stereocenters. The molecule has 0 saturated heterocycles. The molecule has 0 amide bonds. The van der Waals surface area contributed by atoms with Gasteiger partial charge in [-0.05, 0) is 74.1 Å². The molecule has 134 valence electrons. The molecule has 2 aromatic rings. The van der Waals surface area contributed by atoms with Gasteiger partial charge in [-0.1, -0.05) is 50.2 Å². The molecular formula is C23H31NO. The molecule has 0 fully saturated rings. The summed E-state index contributed by atoms with van der Waals surface area (Å²) in [5, 5.41) is 0. The molecule has 0 aromatic heterocycles. The van der Waals surface area contributed by atoms with Crippen LogP contribution < -0.4 is 4.74 Å². The molecule has 3 rings (SSSR count). The van der Waals surface area contributed by atoms with E-state index in [2.05, 4.69) is 81.4 Å². The van der Waals surface area contributed by atoms with Gasteiger partial charge in [-0.15, -0.1) is 0 Å². The first-order chi connectivity index (χ1) is 11.9. The monoisotopic (exact) mass is 337 g/mol. The van der Waals surface area contributed by atoms with Gasteiger partial charge >= 0.3 is 0 Å². The van der Waals surface area contributed by atoms with Crippen LogP contribution in [-0.4, -0.2) is 32.6 Å². The summed E-state index contributed by atoms with van der Waals surface area (Å²) < 4.78 is 5.38. The van der Waals surface area contributed by atoms with E-state index in [0.29, 0.717) is 0 Å². The number of ether oxygens (including phenoxy) is 1. The van der Waals surface area contributed by atoms with E-state index in [4.69, 9.17) is 4.74 Å². The molecule has 1 aliphatic carbocycles. The van der Waals surface area contributed by atoms with Gasteiger partial charge in [0.1, 0.15) is 5.75 Å². The number of nitrogens with zero attached hydrogens (tertiary/aromatic N) is 1. The maximum absolute atomic E-state index is 5.38. The van der Waals surface area contributed by atoms with Crippen LogP contribution in [0.25, 0.3) is 0 Å². The van der Waals surface area contributed by atoms with Gasteiger partial charge in [0, 0.05) is 5.41 Å². The fourth-order valence-corrected chi connectivity index (χ4v) is 4.67. The predicted molar refractivity (Wildman–Crippen MR) is 106 cm³/mol. The third kappa shape index (κ3) is 3.32. The van der Waals surface area contributed by atoms with E-state index in [1.54, 1.807) is 7.11 Å². The first-order valence-corrected chi connectivity index (χ1v) is 9.28. The summed E-state index contributed by atoms with van der Waals surface area (Å²) in [5.74, 6) is 0.928. The minimum Gasteiger partial charge on any atom is -0.497 e. The Morgan fingerprint density at radius 1 is 0.960 bits per heavy atom. The van der Waals surface area contributed by atoms with E-state index in [1.165, 1.54) is 36.0 Å². The maximum Gasteiger partial charge on any atom is 0.118 e. The van der Waals surface area contributed by atoms with Crippen molar-refractivity contribution in [3.63, 3.8) is 0 Å². The minimum absolute atomic E-state index is 0.0996. The lowest BCUT2D eigenvalue weighted by molar-refractivity contribution is 0.333. The summed E-state index contributed by atoms with van der Waals surface area (Å²) in [6.07, 6.45) is 3.54. The second-order valence-corrected chi connectivity index (χ2v) is 8.32. The molecule has 25 heavy (non-hydrogen) atoms. The van der Waals surface area contributed by atoms with E-state index >= 15 is 0 Å². The van der Waals surface area contributed by atoms with Crippen molar-refractivity contribution >= 4 is 0 Å². The molecule has 1 atom stereocenters. The van der Waals surface area contributed by atoms with Crippen molar-refractivity contribution in [2.75, 3.05) is 27.7 Å². The lowest BCUT2D eigenvalue weighted by Gasteiger charge is -2.33. The average Bonchev–Trinajstić information content (AvgIpc) is 2.83. The highest BCUT2D eigenvalue weighted by Crippen LogP contribution is 2.55. The van der Waals surface area contributed by atoms with Crippen molar-refractivity contribution < 1.29 is 4.74 Å². The number of hydrogen-bond donors (Lipinski definition) is 0. The maximum atomic E-state index is 5.38.